The maximum atomic E-state index is 13.7. The van der Waals surface area contributed by atoms with Crippen LogP contribution in [0.15, 0.2) is 88.3 Å². The highest BCUT2D eigenvalue weighted by molar-refractivity contribution is 7.92. The second kappa shape index (κ2) is 10.3. The number of carbonyl (C=O) groups is 1. The van der Waals surface area contributed by atoms with Crippen LogP contribution in [0.5, 0.6) is 0 Å². The highest BCUT2D eigenvalue weighted by atomic mass is 32.2. The van der Waals surface area contributed by atoms with Crippen molar-refractivity contribution in [3.8, 4) is 22.5 Å². The molecule has 1 amide bonds. The predicted molar refractivity (Wildman–Crippen MR) is 165 cm³/mol. The van der Waals surface area contributed by atoms with Crippen molar-refractivity contribution in [1.29, 1.82) is 0 Å². The van der Waals surface area contributed by atoms with Gasteiger partial charge in [-0.2, -0.15) is 0 Å². The molecule has 5 aromatic rings. The summed E-state index contributed by atoms with van der Waals surface area (Å²) in [6.07, 6.45) is 1.82. The maximum Gasteiger partial charge on any atom is 0.255 e. The highest BCUT2D eigenvalue weighted by Gasteiger charge is 2.26. The summed E-state index contributed by atoms with van der Waals surface area (Å²) in [6.45, 7) is 2.05. The van der Waals surface area contributed by atoms with Gasteiger partial charge in [0.2, 0.25) is 10.0 Å². The standard InChI is InChI=1S/C33H28FN3O4S/c1-19-8-13-27-23(14-19)16-28(36-27)22-7-5-6-21(15-22)25-17-26-30(18-29(25)37(3)42(4,39)40)41-32(31(26)33(38)35-2)20-9-11-24(34)12-10-20/h5-15,17-18H,16H2,1-4H3,(H,35,38). The number of fused-ring (bicyclic) bond motifs is 2. The number of anilines is 1. The van der Waals surface area contributed by atoms with E-state index in [-0.39, 0.29) is 17.2 Å². The van der Waals surface area contributed by atoms with Gasteiger partial charge in [0, 0.05) is 43.1 Å². The summed E-state index contributed by atoms with van der Waals surface area (Å²) in [4.78, 5) is 18.0. The van der Waals surface area contributed by atoms with Crippen LogP contribution >= 0.6 is 0 Å². The molecule has 0 unspecified atom stereocenters. The monoisotopic (exact) mass is 581 g/mol. The van der Waals surface area contributed by atoms with Crippen molar-refractivity contribution in [3.05, 3.63) is 107 Å². The van der Waals surface area contributed by atoms with Crippen molar-refractivity contribution in [1.82, 2.24) is 5.32 Å². The number of amides is 1. The summed E-state index contributed by atoms with van der Waals surface area (Å²) < 4.78 is 46.5. The average Bonchev–Trinajstić information content (AvgIpc) is 3.56. The Hall–Kier alpha value is -4.76. The van der Waals surface area contributed by atoms with Crippen molar-refractivity contribution >= 4 is 44.0 Å². The second-order valence-electron chi connectivity index (χ2n) is 10.4. The van der Waals surface area contributed by atoms with Crippen molar-refractivity contribution in [2.24, 2.45) is 4.99 Å². The number of hydrogen-bond donors (Lipinski definition) is 1. The van der Waals surface area contributed by atoms with E-state index >= 15 is 0 Å². The first-order chi connectivity index (χ1) is 20.0. The first-order valence-electron chi connectivity index (χ1n) is 13.3. The van der Waals surface area contributed by atoms with E-state index in [4.69, 9.17) is 9.41 Å². The molecule has 7 nitrogen and oxygen atoms in total. The number of nitrogens with one attached hydrogen (secondary N) is 1. The Morgan fingerprint density at radius 1 is 0.976 bits per heavy atom. The quantitative estimate of drug-likeness (QED) is 0.243. The number of hydrogen-bond acceptors (Lipinski definition) is 5. The van der Waals surface area contributed by atoms with Gasteiger partial charge in [-0.1, -0.05) is 35.9 Å². The van der Waals surface area contributed by atoms with Crippen LogP contribution in [0.1, 0.15) is 27.0 Å². The van der Waals surface area contributed by atoms with Crippen molar-refractivity contribution in [2.75, 3.05) is 24.7 Å². The molecular weight excluding hydrogens is 553 g/mol. The molecule has 6 rings (SSSR count). The lowest BCUT2D eigenvalue weighted by Gasteiger charge is -2.21. The zero-order valence-electron chi connectivity index (χ0n) is 23.5. The van der Waals surface area contributed by atoms with E-state index in [1.165, 1.54) is 48.2 Å². The number of rotatable bonds is 6. The molecule has 9 heteroatoms. The molecule has 0 atom stereocenters. The Labute approximate surface area is 243 Å². The number of carbonyl (C=O) groups excluding carboxylic acids is 1. The van der Waals surface area contributed by atoms with Crippen molar-refractivity contribution in [2.45, 2.75) is 13.3 Å². The summed E-state index contributed by atoms with van der Waals surface area (Å²) in [5.74, 6) is -0.539. The van der Waals surface area contributed by atoms with Gasteiger partial charge in [0.1, 0.15) is 17.2 Å². The first kappa shape index (κ1) is 27.4. The summed E-state index contributed by atoms with van der Waals surface area (Å²) >= 11 is 0. The summed E-state index contributed by atoms with van der Waals surface area (Å²) in [6, 6.07) is 23.1. The largest absolute Gasteiger partial charge is 0.455 e. The fourth-order valence-electron chi connectivity index (χ4n) is 5.32. The van der Waals surface area contributed by atoms with Crippen molar-refractivity contribution in [3.63, 3.8) is 0 Å². The summed E-state index contributed by atoms with van der Waals surface area (Å²) in [5, 5.41) is 3.17. The van der Waals surface area contributed by atoms with E-state index in [1.54, 1.807) is 12.1 Å². The predicted octanol–water partition coefficient (Wildman–Crippen LogP) is 6.65. The molecule has 0 saturated heterocycles. The third kappa shape index (κ3) is 4.86. The van der Waals surface area contributed by atoms with Crippen LogP contribution in [-0.2, 0) is 16.4 Å². The number of halogens is 1. The number of aryl methyl sites for hydroxylation is 1. The van der Waals surface area contributed by atoms with Gasteiger partial charge in [0.05, 0.1) is 28.9 Å². The number of benzene rings is 4. The fourth-order valence-corrected chi connectivity index (χ4v) is 5.83. The lowest BCUT2D eigenvalue weighted by atomic mass is 9.95. The van der Waals surface area contributed by atoms with Crippen LogP contribution in [0.4, 0.5) is 15.8 Å². The van der Waals surface area contributed by atoms with Crippen LogP contribution in [0.25, 0.3) is 33.4 Å². The molecule has 2 heterocycles. The SMILES string of the molecule is CNC(=O)c1c(-c2ccc(F)cc2)oc2cc(N(C)S(C)(=O)=O)c(-c3cccc(C4=Nc5ccc(C)cc5C4)c3)cc12. The van der Waals surface area contributed by atoms with Crippen LogP contribution in [0.3, 0.4) is 0 Å². The van der Waals surface area contributed by atoms with Gasteiger partial charge < -0.3 is 9.73 Å². The van der Waals surface area contributed by atoms with Crippen LogP contribution < -0.4 is 9.62 Å². The summed E-state index contributed by atoms with van der Waals surface area (Å²) in [7, 11) is -0.654. The zero-order valence-corrected chi connectivity index (χ0v) is 24.3. The molecule has 0 bridgehead atoms. The van der Waals surface area contributed by atoms with Gasteiger partial charge in [0.25, 0.3) is 5.91 Å². The highest BCUT2D eigenvalue weighted by Crippen LogP contribution is 2.42. The fraction of sp³-hybridized carbons (Fsp3) is 0.152. The molecule has 1 aliphatic heterocycles. The molecule has 42 heavy (non-hydrogen) atoms. The Balaban J connectivity index is 1.56. The van der Waals surface area contributed by atoms with Crippen molar-refractivity contribution < 1.29 is 22.0 Å². The van der Waals surface area contributed by atoms with E-state index < -0.39 is 15.8 Å². The molecular formula is C33H28FN3O4S. The van der Waals surface area contributed by atoms with Crippen LogP contribution in [0, 0.1) is 12.7 Å². The van der Waals surface area contributed by atoms with E-state index in [9.17, 15) is 17.6 Å². The van der Waals surface area contributed by atoms with Gasteiger partial charge in [-0.25, -0.2) is 12.8 Å². The Bertz CT molecular complexity index is 2030. The summed E-state index contributed by atoms with van der Waals surface area (Å²) in [5.41, 5.74) is 7.97. The third-order valence-electron chi connectivity index (χ3n) is 7.56. The van der Waals surface area contributed by atoms with Crippen LogP contribution in [0.2, 0.25) is 0 Å². The minimum atomic E-state index is -3.66. The Morgan fingerprint density at radius 3 is 2.43 bits per heavy atom. The minimum absolute atomic E-state index is 0.261. The molecule has 1 N–H and O–H groups in total. The Morgan fingerprint density at radius 2 is 1.71 bits per heavy atom. The number of sulfonamides is 1. The van der Waals surface area contributed by atoms with Gasteiger partial charge in [0.15, 0.2) is 0 Å². The number of aliphatic imine (C=N–C) groups is 1. The maximum absolute atomic E-state index is 13.7. The second-order valence-corrected chi connectivity index (χ2v) is 12.5. The molecule has 0 spiro atoms. The Kier molecular flexibility index (Phi) is 6.69. The normalized spacial score (nSPS) is 12.7. The van der Waals surface area contributed by atoms with Crippen LogP contribution in [-0.4, -0.2) is 40.4 Å². The van der Waals surface area contributed by atoms with Gasteiger partial charge in [-0.3, -0.25) is 14.1 Å². The average molecular weight is 582 g/mol. The third-order valence-corrected chi connectivity index (χ3v) is 8.75. The number of furan rings is 1. The first-order valence-corrected chi connectivity index (χ1v) is 15.2. The smallest absolute Gasteiger partial charge is 0.255 e. The number of nitrogens with zero attached hydrogens (tertiary/aromatic N) is 2. The molecule has 0 aliphatic carbocycles. The topological polar surface area (TPSA) is 92.0 Å². The molecule has 4 aromatic carbocycles. The molecule has 1 aromatic heterocycles. The molecule has 1 aliphatic rings. The van der Waals surface area contributed by atoms with E-state index in [0.29, 0.717) is 34.2 Å². The molecule has 212 valence electrons. The lowest BCUT2D eigenvalue weighted by molar-refractivity contribution is 0.0964. The van der Waals surface area contributed by atoms with Gasteiger partial charge >= 0.3 is 0 Å². The molecule has 0 saturated carbocycles. The van der Waals surface area contributed by atoms with Gasteiger partial charge in [-0.05, 0) is 66.1 Å². The minimum Gasteiger partial charge on any atom is -0.455 e. The zero-order chi connectivity index (χ0) is 29.8. The lowest BCUT2D eigenvalue weighted by Crippen LogP contribution is -2.25. The van der Waals surface area contributed by atoms with Gasteiger partial charge in [-0.15, -0.1) is 0 Å². The molecule has 0 radical (unpaired) electrons. The van der Waals surface area contributed by atoms with E-state index in [1.807, 2.05) is 36.4 Å². The van der Waals surface area contributed by atoms with E-state index in [2.05, 4.69) is 18.3 Å². The molecule has 0 fully saturated rings. The van der Waals surface area contributed by atoms with E-state index in [0.717, 1.165) is 34.3 Å².